The van der Waals surface area contributed by atoms with Gasteiger partial charge >= 0.3 is 5.97 Å². The summed E-state index contributed by atoms with van der Waals surface area (Å²) in [7, 11) is 0. The highest BCUT2D eigenvalue weighted by molar-refractivity contribution is 5.89. The summed E-state index contributed by atoms with van der Waals surface area (Å²) in [6.45, 7) is -0.189. The zero-order valence-electron chi connectivity index (χ0n) is 9.08. The van der Waals surface area contributed by atoms with Gasteiger partial charge in [0.15, 0.2) is 6.29 Å². The minimum Gasteiger partial charge on any atom is -0.459 e. The zero-order valence-corrected chi connectivity index (χ0v) is 9.08. The summed E-state index contributed by atoms with van der Waals surface area (Å²) in [4.78, 5) is 11.5. The third kappa shape index (κ3) is 3.01. The van der Waals surface area contributed by atoms with Crippen LogP contribution in [0.2, 0.25) is 0 Å². The van der Waals surface area contributed by atoms with Crippen LogP contribution in [0, 0.1) is 0 Å². The highest BCUT2D eigenvalue weighted by Crippen LogP contribution is 2.22. The summed E-state index contributed by atoms with van der Waals surface area (Å²) < 4.78 is 23.0. The van der Waals surface area contributed by atoms with Gasteiger partial charge in [0.25, 0.3) is 0 Å². The summed E-state index contributed by atoms with van der Waals surface area (Å²) in [5.41, 5.74) is 0.404. The van der Waals surface area contributed by atoms with Crippen LogP contribution in [0.1, 0.15) is 16.8 Å². The fourth-order valence-corrected chi connectivity index (χ4v) is 1.65. The minimum atomic E-state index is -1.30. The van der Waals surface area contributed by atoms with Gasteiger partial charge in [0, 0.05) is 6.42 Å². The molecule has 3 atom stereocenters. The Morgan fingerprint density at radius 1 is 1.47 bits per heavy atom. The van der Waals surface area contributed by atoms with Crippen molar-refractivity contribution in [3.63, 3.8) is 0 Å². The lowest BCUT2D eigenvalue weighted by atomic mass is 10.2. The average Bonchev–Trinajstić information content (AvgIpc) is 2.66. The van der Waals surface area contributed by atoms with E-state index in [2.05, 4.69) is 0 Å². The lowest BCUT2D eigenvalue weighted by molar-refractivity contribution is -0.106. The Labute approximate surface area is 98.0 Å². The quantitative estimate of drug-likeness (QED) is 0.809. The molecule has 0 spiro atoms. The number of hydrogen-bond acceptors (Lipinski definition) is 4. The Morgan fingerprint density at radius 3 is 2.76 bits per heavy atom. The fourth-order valence-electron chi connectivity index (χ4n) is 1.65. The fraction of sp³-hybridized carbons (Fsp3) is 0.417. The van der Waals surface area contributed by atoms with Crippen molar-refractivity contribution < 1.29 is 23.8 Å². The van der Waals surface area contributed by atoms with Gasteiger partial charge in [0.2, 0.25) is 0 Å². The topological polar surface area (TPSA) is 55.8 Å². The Balaban J connectivity index is 1.85. The largest absolute Gasteiger partial charge is 0.459 e. The summed E-state index contributed by atoms with van der Waals surface area (Å²) in [5, 5.41) is 9.05. The van der Waals surface area contributed by atoms with Crippen LogP contribution >= 0.6 is 0 Å². The molecule has 0 aromatic heterocycles. The van der Waals surface area contributed by atoms with Crippen LogP contribution in [0.3, 0.4) is 0 Å². The molecule has 1 fully saturated rings. The monoisotopic (exact) mass is 240 g/mol. The highest BCUT2D eigenvalue weighted by atomic mass is 19.1. The Morgan fingerprint density at radius 2 is 2.18 bits per heavy atom. The first kappa shape index (κ1) is 12.0. The summed E-state index contributed by atoms with van der Waals surface area (Å²) >= 11 is 0. The molecule has 0 unspecified atom stereocenters. The van der Waals surface area contributed by atoms with Gasteiger partial charge in [-0.1, -0.05) is 18.2 Å². The normalized spacial score (nSPS) is 28.0. The van der Waals surface area contributed by atoms with E-state index in [1.807, 2.05) is 0 Å². The van der Waals surface area contributed by atoms with Gasteiger partial charge in [-0.15, -0.1) is 0 Å². The number of halogens is 1. The molecule has 0 radical (unpaired) electrons. The molecule has 4 nitrogen and oxygen atoms in total. The Kier molecular flexibility index (Phi) is 3.71. The van der Waals surface area contributed by atoms with Crippen LogP contribution < -0.4 is 0 Å². The van der Waals surface area contributed by atoms with E-state index >= 15 is 0 Å². The summed E-state index contributed by atoms with van der Waals surface area (Å²) in [6, 6.07) is 8.43. The molecule has 1 aliphatic rings. The van der Waals surface area contributed by atoms with Crippen molar-refractivity contribution >= 4 is 5.97 Å². The molecule has 1 saturated heterocycles. The molecule has 17 heavy (non-hydrogen) atoms. The van der Waals surface area contributed by atoms with Crippen LogP contribution in [-0.2, 0) is 9.47 Å². The standard InChI is InChI=1S/C12H13FO4/c13-9-6-11(14)17-10(9)7-16-12(15)8-4-2-1-3-5-8/h1-5,9-11,14H,6-7H2/t9-,10+,11+/m1/s1. The molecule has 1 N–H and O–H groups in total. The average molecular weight is 240 g/mol. The number of hydrogen-bond donors (Lipinski definition) is 1. The Bertz CT molecular complexity index is 381. The van der Waals surface area contributed by atoms with E-state index in [0.29, 0.717) is 5.56 Å². The van der Waals surface area contributed by atoms with Gasteiger partial charge in [0.1, 0.15) is 18.9 Å². The number of alkyl halides is 1. The van der Waals surface area contributed by atoms with E-state index in [4.69, 9.17) is 14.6 Å². The van der Waals surface area contributed by atoms with Crippen molar-refractivity contribution in [3.05, 3.63) is 35.9 Å². The first-order valence-corrected chi connectivity index (χ1v) is 5.36. The van der Waals surface area contributed by atoms with Crippen LogP contribution in [-0.4, -0.2) is 36.2 Å². The molecule has 1 aliphatic heterocycles. The number of carbonyl (C=O) groups excluding carboxylic acids is 1. The van der Waals surface area contributed by atoms with Gasteiger partial charge in [-0.3, -0.25) is 0 Å². The second-order valence-electron chi connectivity index (χ2n) is 3.85. The lowest BCUT2D eigenvalue weighted by Gasteiger charge is -2.12. The number of benzene rings is 1. The van der Waals surface area contributed by atoms with E-state index < -0.39 is 24.5 Å². The number of aliphatic hydroxyl groups is 1. The van der Waals surface area contributed by atoms with Crippen molar-refractivity contribution in [2.45, 2.75) is 25.0 Å². The number of ether oxygens (including phenoxy) is 2. The van der Waals surface area contributed by atoms with Crippen molar-refractivity contribution in [3.8, 4) is 0 Å². The van der Waals surface area contributed by atoms with Gasteiger partial charge in [0.05, 0.1) is 5.56 Å². The van der Waals surface area contributed by atoms with E-state index in [0.717, 1.165) is 0 Å². The first-order chi connectivity index (χ1) is 8.16. The van der Waals surface area contributed by atoms with Crippen molar-refractivity contribution in [2.75, 3.05) is 6.61 Å². The molecular formula is C12H13FO4. The third-order valence-electron chi connectivity index (χ3n) is 2.55. The van der Waals surface area contributed by atoms with E-state index in [9.17, 15) is 9.18 Å². The van der Waals surface area contributed by atoms with E-state index in [1.54, 1.807) is 30.3 Å². The maximum atomic E-state index is 13.2. The molecule has 0 amide bonds. The van der Waals surface area contributed by atoms with Crippen LogP contribution in [0.25, 0.3) is 0 Å². The molecule has 92 valence electrons. The Hall–Kier alpha value is -1.46. The van der Waals surface area contributed by atoms with Crippen LogP contribution in [0.5, 0.6) is 0 Å². The second kappa shape index (κ2) is 5.25. The van der Waals surface area contributed by atoms with E-state index in [1.165, 1.54) is 0 Å². The molecule has 5 heteroatoms. The molecular weight excluding hydrogens is 227 g/mol. The first-order valence-electron chi connectivity index (χ1n) is 5.36. The van der Waals surface area contributed by atoms with Gasteiger partial charge in [-0.2, -0.15) is 0 Å². The lowest BCUT2D eigenvalue weighted by Crippen LogP contribution is -2.25. The van der Waals surface area contributed by atoms with Crippen molar-refractivity contribution in [1.29, 1.82) is 0 Å². The molecule has 1 aromatic rings. The zero-order chi connectivity index (χ0) is 12.3. The number of rotatable bonds is 3. The third-order valence-corrected chi connectivity index (χ3v) is 2.55. The van der Waals surface area contributed by atoms with Gasteiger partial charge in [-0.25, -0.2) is 9.18 Å². The molecule has 0 bridgehead atoms. The van der Waals surface area contributed by atoms with Gasteiger partial charge < -0.3 is 14.6 Å². The predicted molar refractivity (Wildman–Crippen MR) is 57.1 cm³/mol. The summed E-state index contributed by atoms with van der Waals surface area (Å²) in [6.07, 6.45) is -3.36. The van der Waals surface area contributed by atoms with Crippen molar-refractivity contribution in [2.24, 2.45) is 0 Å². The molecule has 0 aliphatic carbocycles. The van der Waals surface area contributed by atoms with Crippen molar-refractivity contribution in [1.82, 2.24) is 0 Å². The number of aliphatic hydroxyl groups excluding tert-OH is 1. The van der Waals surface area contributed by atoms with Gasteiger partial charge in [-0.05, 0) is 12.1 Å². The minimum absolute atomic E-state index is 0.0758. The second-order valence-corrected chi connectivity index (χ2v) is 3.85. The highest BCUT2D eigenvalue weighted by Gasteiger charge is 2.35. The SMILES string of the molecule is O=C(OC[C@@H]1O[C@H](O)C[C@H]1F)c1ccccc1. The van der Waals surface area contributed by atoms with Crippen LogP contribution in [0.4, 0.5) is 4.39 Å². The van der Waals surface area contributed by atoms with Crippen LogP contribution in [0.15, 0.2) is 30.3 Å². The molecule has 2 rings (SSSR count). The molecule has 0 saturated carbocycles. The molecule has 1 heterocycles. The maximum absolute atomic E-state index is 13.2. The predicted octanol–water partition coefficient (Wildman–Crippen LogP) is 1.29. The summed E-state index contributed by atoms with van der Waals surface area (Å²) in [5.74, 6) is -0.525. The number of carbonyl (C=O) groups is 1. The van der Waals surface area contributed by atoms with E-state index in [-0.39, 0.29) is 13.0 Å². The molecule has 1 aromatic carbocycles. The maximum Gasteiger partial charge on any atom is 0.338 e. The number of esters is 1. The smallest absolute Gasteiger partial charge is 0.338 e.